The van der Waals surface area contributed by atoms with Gasteiger partial charge in [0.25, 0.3) is 0 Å². The van der Waals surface area contributed by atoms with Gasteiger partial charge < -0.3 is 14.4 Å². The average Bonchev–Trinajstić information content (AvgIpc) is 2.68. The van der Waals surface area contributed by atoms with Crippen molar-refractivity contribution in [3.05, 3.63) is 17.7 Å². The molecule has 1 aromatic heterocycles. The van der Waals surface area contributed by atoms with E-state index in [1.165, 1.54) is 5.69 Å². The summed E-state index contributed by atoms with van der Waals surface area (Å²) in [5, 5.41) is 0. The normalized spacial score (nSPS) is 15.5. The molecule has 2 rings (SSSR count). The zero-order valence-electron chi connectivity index (χ0n) is 14.5. The maximum absolute atomic E-state index is 12.4. The summed E-state index contributed by atoms with van der Waals surface area (Å²) in [6.45, 7) is 7.98. The van der Waals surface area contributed by atoms with Crippen molar-refractivity contribution in [2.45, 2.75) is 39.4 Å². The molecule has 0 bridgehead atoms. The quantitative estimate of drug-likeness (QED) is 0.802. The highest BCUT2D eigenvalue weighted by atomic mass is 16.2. The summed E-state index contributed by atoms with van der Waals surface area (Å²) in [5.41, 5.74) is 1.23. The lowest BCUT2D eigenvalue weighted by Gasteiger charge is -2.26. The lowest BCUT2D eigenvalue weighted by atomic mass is 10.3. The van der Waals surface area contributed by atoms with Crippen LogP contribution in [-0.2, 0) is 24.3 Å². The minimum absolute atomic E-state index is 0.219. The minimum atomic E-state index is 0.219. The van der Waals surface area contributed by atoms with E-state index >= 15 is 0 Å². The van der Waals surface area contributed by atoms with Gasteiger partial charge in [0, 0.05) is 44.8 Å². The van der Waals surface area contributed by atoms with E-state index in [1.807, 2.05) is 18.1 Å². The molecule has 0 unspecified atom stereocenters. The third-order valence-electron chi connectivity index (χ3n) is 4.32. The molecule has 0 aliphatic carbocycles. The molecule has 6 nitrogen and oxygen atoms in total. The Morgan fingerprint density at radius 1 is 1.27 bits per heavy atom. The summed E-state index contributed by atoms with van der Waals surface area (Å²) < 4.78 is 2.28. The molecular formula is C16H29N5O. The van der Waals surface area contributed by atoms with Gasteiger partial charge in [-0.2, -0.15) is 0 Å². The fraction of sp³-hybridized carbons (Fsp3) is 0.750. The SMILES string of the molecule is CC(C)N(C)CC(=O)N1CCc2ncc(CN(C)C)n2CC1. The lowest BCUT2D eigenvalue weighted by molar-refractivity contribution is -0.132. The van der Waals surface area contributed by atoms with E-state index in [9.17, 15) is 4.79 Å². The predicted molar refractivity (Wildman–Crippen MR) is 87.7 cm³/mol. The minimum Gasteiger partial charge on any atom is -0.339 e. The summed E-state index contributed by atoms with van der Waals surface area (Å²) in [5.74, 6) is 1.32. The topological polar surface area (TPSA) is 44.6 Å². The van der Waals surface area contributed by atoms with Crippen molar-refractivity contribution in [1.82, 2.24) is 24.3 Å². The molecule has 0 saturated heterocycles. The largest absolute Gasteiger partial charge is 0.339 e. The second kappa shape index (κ2) is 7.24. The number of imidazole rings is 1. The van der Waals surface area contributed by atoms with Gasteiger partial charge in [-0.15, -0.1) is 0 Å². The van der Waals surface area contributed by atoms with Crippen LogP contribution in [-0.4, -0.2) is 77.0 Å². The Morgan fingerprint density at radius 2 is 2.00 bits per heavy atom. The van der Waals surface area contributed by atoms with Gasteiger partial charge in [-0.1, -0.05) is 0 Å². The van der Waals surface area contributed by atoms with Crippen LogP contribution < -0.4 is 0 Å². The summed E-state index contributed by atoms with van der Waals surface area (Å²) in [6.07, 6.45) is 2.81. The van der Waals surface area contributed by atoms with Crippen LogP contribution in [0.1, 0.15) is 25.4 Å². The molecule has 6 heteroatoms. The molecule has 1 aliphatic rings. The Hall–Kier alpha value is -1.40. The number of hydrogen-bond donors (Lipinski definition) is 0. The van der Waals surface area contributed by atoms with Crippen LogP contribution in [0.4, 0.5) is 0 Å². The van der Waals surface area contributed by atoms with E-state index in [1.54, 1.807) is 0 Å². The second-order valence-electron chi connectivity index (χ2n) is 6.69. The van der Waals surface area contributed by atoms with Crippen LogP contribution in [0.2, 0.25) is 0 Å². The van der Waals surface area contributed by atoms with Crippen LogP contribution in [0.25, 0.3) is 0 Å². The first-order chi connectivity index (χ1) is 10.4. The van der Waals surface area contributed by atoms with E-state index in [-0.39, 0.29) is 5.91 Å². The van der Waals surface area contributed by atoms with E-state index in [0.717, 1.165) is 38.4 Å². The smallest absolute Gasteiger partial charge is 0.236 e. The van der Waals surface area contributed by atoms with Crippen molar-refractivity contribution >= 4 is 5.91 Å². The van der Waals surface area contributed by atoms with Crippen LogP contribution in [0, 0.1) is 0 Å². The number of nitrogens with zero attached hydrogens (tertiary/aromatic N) is 5. The number of carbonyl (C=O) groups is 1. The van der Waals surface area contributed by atoms with E-state index in [4.69, 9.17) is 0 Å². The van der Waals surface area contributed by atoms with Gasteiger partial charge >= 0.3 is 0 Å². The molecule has 0 spiro atoms. The zero-order chi connectivity index (χ0) is 16.3. The molecule has 0 saturated carbocycles. The first-order valence-electron chi connectivity index (χ1n) is 8.04. The summed E-state index contributed by atoms with van der Waals surface area (Å²) in [6, 6.07) is 0.387. The van der Waals surface area contributed by atoms with E-state index < -0.39 is 0 Å². The molecular weight excluding hydrogens is 278 g/mol. The molecule has 0 radical (unpaired) electrons. The highest BCUT2D eigenvalue weighted by molar-refractivity contribution is 5.78. The number of carbonyl (C=O) groups excluding carboxylic acids is 1. The van der Waals surface area contributed by atoms with E-state index in [2.05, 4.69) is 47.3 Å². The summed E-state index contributed by atoms with van der Waals surface area (Å²) >= 11 is 0. The summed E-state index contributed by atoms with van der Waals surface area (Å²) in [7, 11) is 6.13. The maximum Gasteiger partial charge on any atom is 0.236 e. The standard InChI is InChI=1S/C16H29N5O/c1-13(2)19(5)12-16(22)20-7-6-15-17-10-14(11-18(3)4)21(15)9-8-20/h10,13H,6-9,11-12H2,1-5H3. The molecule has 2 heterocycles. The molecule has 0 aromatic carbocycles. The van der Waals surface area contributed by atoms with Crippen molar-refractivity contribution in [1.29, 1.82) is 0 Å². The predicted octanol–water partition coefficient (Wildman–Crippen LogP) is 0.670. The van der Waals surface area contributed by atoms with E-state index in [0.29, 0.717) is 12.6 Å². The number of aromatic nitrogens is 2. The summed E-state index contributed by atoms with van der Waals surface area (Å²) in [4.78, 5) is 23.2. The van der Waals surface area contributed by atoms with Gasteiger partial charge in [0.05, 0.1) is 12.2 Å². The highest BCUT2D eigenvalue weighted by Crippen LogP contribution is 2.13. The van der Waals surface area contributed by atoms with Gasteiger partial charge in [-0.3, -0.25) is 9.69 Å². The Labute approximate surface area is 133 Å². The Morgan fingerprint density at radius 3 is 2.64 bits per heavy atom. The Balaban J connectivity index is 1.99. The third kappa shape index (κ3) is 4.08. The van der Waals surface area contributed by atoms with Crippen LogP contribution in [0.15, 0.2) is 6.20 Å². The average molecular weight is 307 g/mol. The van der Waals surface area contributed by atoms with Gasteiger partial charge in [0.2, 0.25) is 5.91 Å². The number of rotatable bonds is 5. The molecule has 0 N–H and O–H groups in total. The fourth-order valence-corrected chi connectivity index (χ4v) is 2.69. The maximum atomic E-state index is 12.4. The molecule has 22 heavy (non-hydrogen) atoms. The molecule has 0 atom stereocenters. The van der Waals surface area contributed by atoms with Crippen LogP contribution >= 0.6 is 0 Å². The molecule has 1 aromatic rings. The van der Waals surface area contributed by atoms with Gasteiger partial charge in [0.1, 0.15) is 5.82 Å². The van der Waals surface area contributed by atoms with Crippen LogP contribution in [0.5, 0.6) is 0 Å². The second-order valence-corrected chi connectivity index (χ2v) is 6.69. The van der Waals surface area contributed by atoms with Crippen molar-refractivity contribution in [3.8, 4) is 0 Å². The van der Waals surface area contributed by atoms with Crippen molar-refractivity contribution < 1.29 is 4.79 Å². The zero-order valence-corrected chi connectivity index (χ0v) is 14.5. The Kier molecular flexibility index (Phi) is 5.58. The van der Waals surface area contributed by atoms with Crippen molar-refractivity contribution in [3.63, 3.8) is 0 Å². The third-order valence-corrected chi connectivity index (χ3v) is 4.32. The lowest BCUT2D eigenvalue weighted by Crippen LogP contribution is -2.42. The number of hydrogen-bond acceptors (Lipinski definition) is 4. The first kappa shape index (κ1) is 17.0. The monoisotopic (exact) mass is 307 g/mol. The highest BCUT2D eigenvalue weighted by Gasteiger charge is 2.22. The molecule has 1 amide bonds. The fourth-order valence-electron chi connectivity index (χ4n) is 2.69. The van der Waals surface area contributed by atoms with Gasteiger partial charge in [0.15, 0.2) is 0 Å². The Bertz CT molecular complexity index is 509. The molecule has 124 valence electrons. The van der Waals surface area contributed by atoms with Crippen LogP contribution in [0.3, 0.4) is 0 Å². The van der Waals surface area contributed by atoms with Crippen molar-refractivity contribution in [2.24, 2.45) is 0 Å². The molecule has 1 aliphatic heterocycles. The number of likely N-dealkylation sites (N-methyl/N-ethyl adjacent to an activating group) is 1. The number of fused-ring (bicyclic) bond motifs is 1. The van der Waals surface area contributed by atoms with Gasteiger partial charge in [-0.25, -0.2) is 4.98 Å². The number of amides is 1. The molecule has 0 fully saturated rings. The van der Waals surface area contributed by atoms with Crippen molar-refractivity contribution in [2.75, 3.05) is 40.8 Å². The first-order valence-corrected chi connectivity index (χ1v) is 8.04. The van der Waals surface area contributed by atoms with Gasteiger partial charge in [-0.05, 0) is 35.0 Å².